The molecule has 6 heteroatoms. The molecule has 0 saturated carbocycles. The van der Waals surface area contributed by atoms with Gasteiger partial charge in [0.15, 0.2) is 0 Å². The summed E-state index contributed by atoms with van der Waals surface area (Å²) in [5.74, 6) is 0.599. The summed E-state index contributed by atoms with van der Waals surface area (Å²) in [6.45, 7) is 6.73. The molecule has 0 aliphatic rings. The number of hydrogen-bond acceptors (Lipinski definition) is 4. The van der Waals surface area contributed by atoms with E-state index in [0.29, 0.717) is 22.3 Å². The molecule has 0 fully saturated rings. The Hall–Kier alpha value is -2.92. The molecule has 2 aromatic carbocycles. The maximum absolute atomic E-state index is 12.4. The fourth-order valence-corrected chi connectivity index (χ4v) is 2.96. The average molecular weight is 410 g/mol. The zero-order chi connectivity index (χ0) is 21.0. The van der Waals surface area contributed by atoms with E-state index in [-0.39, 0.29) is 17.9 Å². The lowest BCUT2D eigenvalue weighted by Crippen LogP contribution is -2.24. The van der Waals surface area contributed by atoms with Gasteiger partial charge in [0.2, 0.25) is 17.6 Å². The van der Waals surface area contributed by atoms with Gasteiger partial charge >= 0.3 is 0 Å². The van der Waals surface area contributed by atoms with E-state index in [1.54, 1.807) is 19.2 Å². The maximum atomic E-state index is 12.4. The quantitative estimate of drug-likeness (QED) is 0.532. The zero-order valence-corrected chi connectivity index (χ0v) is 17.8. The van der Waals surface area contributed by atoms with Crippen molar-refractivity contribution in [3.05, 3.63) is 76.6 Å². The molecule has 0 spiro atoms. The average Bonchev–Trinajstić information content (AvgIpc) is 3.14. The van der Waals surface area contributed by atoms with Gasteiger partial charge < -0.3 is 9.42 Å². The molecule has 0 radical (unpaired) electrons. The second-order valence-corrected chi connectivity index (χ2v) is 8.30. The maximum Gasteiger partial charge on any atom is 0.246 e. The van der Waals surface area contributed by atoms with Crippen LogP contribution in [0.2, 0.25) is 5.02 Å². The van der Waals surface area contributed by atoms with E-state index in [9.17, 15) is 4.79 Å². The van der Waals surface area contributed by atoms with Gasteiger partial charge in [-0.3, -0.25) is 4.79 Å². The Morgan fingerprint density at radius 1 is 1.14 bits per heavy atom. The van der Waals surface area contributed by atoms with Gasteiger partial charge in [0.05, 0.1) is 11.6 Å². The predicted octanol–water partition coefficient (Wildman–Crippen LogP) is 5.36. The van der Waals surface area contributed by atoms with Gasteiger partial charge in [-0.25, -0.2) is 0 Å². The van der Waals surface area contributed by atoms with E-state index in [0.717, 1.165) is 5.56 Å². The number of amides is 1. The van der Waals surface area contributed by atoms with Crippen molar-refractivity contribution < 1.29 is 9.32 Å². The summed E-state index contributed by atoms with van der Waals surface area (Å²) >= 11 is 6.16. The summed E-state index contributed by atoms with van der Waals surface area (Å²) in [4.78, 5) is 18.3. The highest BCUT2D eigenvalue weighted by atomic mass is 35.5. The van der Waals surface area contributed by atoms with Crippen molar-refractivity contribution >= 4 is 23.6 Å². The molecule has 3 rings (SSSR count). The first-order chi connectivity index (χ1) is 13.7. The van der Waals surface area contributed by atoms with E-state index in [1.165, 1.54) is 16.5 Å². The number of rotatable bonds is 5. The lowest BCUT2D eigenvalue weighted by Gasteiger charge is -2.18. The fourth-order valence-electron chi connectivity index (χ4n) is 2.74. The number of halogens is 1. The molecule has 0 N–H and O–H groups in total. The highest BCUT2D eigenvalue weighted by Crippen LogP contribution is 2.25. The van der Waals surface area contributed by atoms with Gasteiger partial charge in [-0.15, -0.1) is 0 Å². The number of nitrogens with zero attached hydrogens (tertiary/aromatic N) is 3. The Labute approximate surface area is 176 Å². The van der Waals surface area contributed by atoms with Crippen molar-refractivity contribution in [3.63, 3.8) is 0 Å². The Morgan fingerprint density at radius 2 is 1.83 bits per heavy atom. The smallest absolute Gasteiger partial charge is 0.246 e. The first-order valence-corrected chi connectivity index (χ1v) is 9.73. The molecular formula is C23H24ClN3O2. The Kier molecular flexibility index (Phi) is 6.18. The van der Waals surface area contributed by atoms with Crippen LogP contribution in [0.25, 0.3) is 17.5 Å². The van der Waals surface area contributed by atoms with Crippen LogP contribution in [0.4, 0.5) is 0 Å². The lowest BCUT2D eigenvalue weighted by molar-refractivity contribution is -0.125. The van der Waals surface area contributed by atoms with Crippen molar-refractivity contribution in [2.24, 2.45) is 0 Å². The molecular weight excluding hydrogens is 386 g/mol. The molecule has 1 aromatic heterocycles. The summed E-state index contributed by atoms with van der Waals surface area (Å²) in [6, 6.07) is 15.5. The van der Waals surface area contributed by atoms with Crippen LogP contribution in [-0.2, 0) is 16.8 Å². The molecule has 0 saturated heterocycles. The van der Waals surface area contributed by atoms with E-state index >= 15 is 0 Å². The molecule has 0 aliphatic heterocycles. The second kappa shape index (κ2) is 8.62. The minimum Gasteiger partial charge on any atom is -0.337 e. The molecule has 0 unspecified atom stereocenters. The number of benzene rings is 2. The third kappa shape index (κ3) is 5.33. The van der Waals surface area contributed by atoms with Crippen LogP contribution < -0.4 is 0 Å². The van der Waals surface area contributed by atoms with Gasteiger partial charge in [-0.2, -0.15) is 4.98 Å². The van der Waals surface area contributed by atoms with E-state index < -0.39 is 0 Å². The monoisotopic (exact) mass is 409 g/mol. The minimum atomic E-state index is -0.151. The number of carbonyl (C=O) groups is 1. The lowest BCUT2D eigenvalue weighted by atomic mass is 9.87. The Morgan fingerprint density at radius 3 is 2.48 bits per heavy atom. The van der Waals surface area contributed by atoms with Crippen molar-refractivity contribution in [1.29, 1.82) is 0 Å². The second-order valence-electron chi connectivity index (χ2n) is 7.89. The first kappa shape index (κ1) is 20.8. The highest BCUT2D eigenvalue weighted by molar-refractivity contribution is 6.33. The summed E-state index contributed by atoms with van der Waals surface area (Å²) in [5.41, 5.74) is 3.02. The zero-order valence-electron chi connectivity index (χ0n) is 17.0. The predicted molar refractivity (Wildman–Crippen MR) is 115 cm³/mol. The van der Waals surface area contributed by atoms with Crippen LogP contribution >= 0.6 is 11.6 Å². The van der Waals surface area contributed by atoms with Gasteiger partial charge in [0.25, 0.3) is 0 Å². The molecule has 29 heavy (non-hydrogen) atoms. The molecule has 3 aromatic rings. The molecule has 150 valence electrons. The minimum absolute atomic E-state index is 0.102. The molecule has 1 heterocycles. The first-order valence-electron chi connectivity index (χ1n) is 9.35. The molecule has 5 nitrogen and oxygen atoms in total. The van der Waals surface area contributed by atoms with Gasteiger partial charge in [0, 0.05) is 18.7 Å². The van der Waals surface area contributed by atoms with E-state index in [4.69, 9.17) is 16.1 Å². The topological polar surface area (TPSA) is 59.2 Å². The standard InChI is InChI=1S/C23H24ClN3O2/c1-23(2,3)17-12-9-16(10-13-17)11-14-21(28)27(4)15-20-25-22(26-29-20)18-7-5-6-8-19(18)24/h5-14H,15H2,1-4H3/b14-11+. The molecule has 0 atom stereocenters. The molecule has 0 aliphatic carbocycles. The highest BCUT2D eigenvalue weighted by Gasteiger charge is 2.15. The Balaban J connectivity index is 1.62. The summed E-state index contributed by atoms with van der Waals surface area (Å²) in [7, 11) is 1.69. The Bertz CT molecular complexity index is 1020. The summed E-state index contributed by atoms with van der Waals surface area (Å²) in [5, 5.41) is 4.50. The molecule has 0 bridgehead atoms. The van der Waals surface area contributed by atoms with E-state index in [1.807, 2.05) is 30.3 Å². The van der Waals surface area contributed by atoms with Crippen LogP contribution in [0.3, 0.4) is 0 Å². The number of hydrogen-bond donors (Lipinski definition) is 0. The number of likely N-dealkylation sites (N-methyl/N-ethyl adjacent to an activating group) is 1. The van der Waals surface area contributed by atoms with Crippen molar-refractivity contribution in [1.82, 2.24) is 15.0 Å². The van der Waals surface area contributed by atoms with Crippen molar-refractivity contribution in [2.45, 2.75) is 32.7 Å². The van der Waals surface area contributed by atoms with Gasteiger partial charge in [-0.05, 0) is 34.8 Å². The fraction of sp³-hybridized carbons (Fsp3) is 0.261. The number of carbonyl (C=O) groups excluding carboxylic acids is 1. The van der Waals surface area contributed by atoms with Gasteiger partial charge in [-0.1, -0.05) is 73.9 Å². The summed E-state index contributed by atoms with van der Waals surface area (Å²) < 4.78 is 5.26. The van der Waals surface area contributed by atoms with Crippen molar-refractivity contribution in [2.75, 3.05) is 7.05 Å². The van der Waals surface area contributed by atoms with Crippen LogP contribution in [0.1, 0.15) is 37.8 Å². The van der Waals surface area contributed by atoms with Crippen LogP contribution in [-0.4, -0.2) is 28.0 Å². The van der Waals surface area contributed by atoms with Crippen LogP contribution in [0.15, 0.2) is 59.1 Å². The normalized spacial score (nSPS) is 11.8. The molecule has 1 amide bonds. The number of aromatic nitrogens is 2. The van der Waals surface area contributed by atoms with Crippen molar-refractivity contribution in [3.8, 4) is 11.4 Å². The van der Waals surface area contributed by atoms with Crippen LogP contribution in [0, 0.1) is 0 Å². The largest absolute Gasteiger partial charge is 0.337 e. The third-order valence-corrected chi connectivity index (χ3v) is 4.86. The SMILES string of the molecule is CN(Cc1nc(-c2ccccc2Cl)no1)C(=O)/C=C/c1ccc(C(C)(C)C)cc1. The third-order valence-electron chi connectivity index (χ3n) is 4.53. The van der Waals surface area contributed by atoms with Crippen LogP contribution in [0.5, 0.6) is 0 Å². The van der Waals surface area contributed by atoms with E-state index in [2.05, 4.69) is 43.0 Å². The van der Waals surface area contributed by atoms with Gasteiger partial charge in [0.1, 0.15) is 0 Å². The summed E-state index contributed by atoms with van der Waals surface area (Å²) in [6.07, 6.45) is 3.34.